The quantitative estimate of drug-likeness (QED) is 0.162. The van der Waals surface area contributed by atoms with Crippen molar-refractivity contribution >= 4 is 45.4 Å². The molecule has 0 aliphatic carbocycles. The maximum atomic E-state index is 6.53. The van der Waals surface area contributed by atoms with E-state index in [2.05, 4.69) is 48.9 Å². The Kier molecular flexibility index (Phi) is 9.33. The van der Waals surface area contributed by atoms with Crippen molar-refractivity contribution in [2.45, 2.75) is 78.1 Å². The molecule has 0 atom stereocenters. The van der Waals surface area contributed by atoms with E-state index in [4.69, 9.17) is 13.5 Å². The lowest BCUT2D eigenvalue weighted by molar-refractivity contribution is 0.304. The highest BCUT2D eigenvalue weighted by atomic mass is 32.1. The Bertz CT molecular complexity index is 1100. The molecule has 0 spiro atoms. The summed E-state index contributed by atoms with van der Waals surface area (Å²) >= 11 is 4.78. The molecular weight excluding hydrogens is 465 g/mol. The first kappa shape index (κ1) is 24.4. The van der Waals surface area contributed by atoms with E-state index < -0.39 is 0 Å². The van der Waals surface area contributed by atoms with Crippen LogP contribution in [0.4, 0.5) is 0 Å². The second-order valence-corrected chi connectivity index (χ2v) is 11.1. The maximum Gasteiger partial charge on any atom is 0.133 e. The molecule has 0 aliphatic rings. The Morgan fingerprint density at radius 2 is 1.27 bits per heavy atom. The molecule has 0 aliphatic heterocycles. The highest BCUT2D eigenvalue weighted by molar-refractivity contribution is 7.14. The molecule has 3 heterocycles. The standard InChI is InChI=1S/C27H34N2OS3/c1-3-4-5-6-7-8-9-10-11-12-17-30-27-20(2)23(21-15-13-18-31-21)25-26(29-33-28-25)24(27)22-16-14-19-32-22/h13-16,18-19H,3-12,17H2,1-2H3. The molecule has 3 aromatic heterocycles. The van der Waals surface area contributed by atoms with E-state index >= 15 is 0 Å². The van der Waals surface area contributed by atoms with Crippen LogP contribution in [0.3, 0.4) is 0 Å². The SMILES string of the molecule is CCCCCCCCCCCCOc1c(C)c(-c2cccs2)c2nsnc2c1-c1cccs1. The first-order chi connectivity index (χ1) is 16.3. The fourth-order valence-electron chi connectivity index (χ4n) is 4.42. The minimum atomic E-state index is 0.753. The van der Waals surface area contributed by atoms with Crippen LogP contribution in [-0.4, -0.2) is 15.4 Å². The van der Waals surface area contributed by atoms with E-state index in [1.54, 1.807) is 22.7 Å². The number of benzene rings is 1. The van der Waals surface area contributed by atoms with Crippen molar-refractivity contribution in [3.63, 3.8) is 0 Å². The molecule has 6 heteroatoms. The van der Waals surface area contributed by atoms with Crippen LogP contribution in [0, 0.1) is 6.92 Å². The van der Waals surface area contributed by atoms with Gasteiger partial charge in [0, 0.05) is 20.9 Å². The van der Waals surface area contributed by atoms with E-state index in [1.165, 1.54) is 90.4 Å². The molecule has 0 saturated heterocycles. The van der Waals surface area contributed by atoms with Crippen molar-refractivity contribution in [3.05, 3.63) is 40.6 Å². The molecule has 0 saturated carbocycles. The smallest absolute Gasteiger partial charge is 0.133 e. The molecule has 4 rings (SSSR count). The third-order valence-corrected chi connectivity index (χ3v) is 8.49. The van der Waals surface area contributed by atoms with Crippen LogP contribution in [-0.2, 0) is 0 Å². The van der Waals surface area contributed by atoms with Crippen molar-refractivity contribution in [1.29, 1.82) is 0 Å². The largest absolute Gasteiger partial charge is 0.493 e. The lowest BCUT2D eigenvalue weighted by Crippen LogP contribution is -2.02. The van der Waals surface area contributed by atoms with E-state index in [0.29, 0.717) is 0 Å². The molecule has 4 aromatic rings. The monoisotopic (exact) mass is 498 g/mol. The summed E-state index contributed by atoms with van der Waals surface area (Å²) in [6, 6.07) is 8.53. The third-order valence-electron chi connectivity index (χ3n) is 6.18. The molecule has 0 bridgehead atoms. The zero-order valence-corrected chi connectivity index (χ0v) is 22.2. The minimum Gasteiger partial charge on any atom is -0.493 e. The highest BCUT2D eigenvalue weighted by Gasteiger charge is 2.24. The summed E-state index contributed by atoms with van der Waals surface area (Å²) in [5.41, 5.74) is 5.42. The molecule has 1 aromatic carbocycles. The molecule has 33 heavy (non-hydrogen) atoms. The van der Waals surface area contributed by atoms with Gasteiger partial charge >= 0.3 is 0 Å². The number of ether oxygens (including phenoxy) is 1. The zero-order chi connectivity index (χ0) is 22.9. The molecule has 0 radical (unpaired) electrons. The summed E-state index contributed by atoms with van der Waals surface area (Å²) in [4.78, 5) is 2.43. The van der Waals surface area contributed by atoms with E-state index in [1.807, 2.05) is 0 Å². The van der Waals surface area contributed by atoms with Gasteiger partial charge in [-0.25, -0.2) is 0 Å². The van der Waals surface area contributed by atoms with Crippen LogP contribution in [0.5, 0.6) is 5.75 Å². The first-order valence-corrected chi connectivity index (χ1v) is 14.8. The molecule has 3 nitrogen and oxygen atoms in total. The summed E-state index contributed by atoms with van der Waals surface area (Å²) in [5.74, 6) is 0.983. The van der Waals surface area contributed by atoms with Crippen LogP contribution >= 0.6 is 34.4 Å². The van der Waals surface area contributed by atoms with Crippen molar-refractivity contribution in [2.24, 2.45) is 0 Å². The fourth-order valence-corrected chi connectivity index (χ4v) is 6.57. The van der Waals surface area contributed by atoms with Gasteiger partial charge in [0.15, 0.2) is 0 Å². The summed E-state index contributed by atoms with van der Waals surface area (Å²) in [5, 5.41) is 4.24. The summed E-state index contributed by atoms with van der Waals surface area (Å²) in [6.45, 7) is 5.21. The van der Waals surface area contributed by atoms with E-state index in [-0.39, 0.29) is 0 Å². The van der Waals surface area contributed by atoms with Crippen LogP contribution in [0.1, 0.15) is 76.7 Å². The number of fused-ring (bicyclic) bond motifs is 1. The average Bonchev–Trinajstić information content (AvgIpc) is 3.60. The first-order valence-electron chi connectivity index (χ1n) is 12.3. The van der Waals surface area contributed by atoms with Gasteiger partial charge in [0.05, 0.1) is 23.9 Å². The van der Waals surface area contributed by atoms with Gasteiger partial charge in [0.2, 0.25) is 0 Å². The highest BCUT2D eigenvalue weighted by Crippen LogP contribution is 2.47. The number of nitrogens with zero attached hydrogens (tertiary/aromatic N) is 2. The van der Waals surface area contributed by atoms with Gasteiger partial charge < -0.3 is 4.74 Å². The molecule has 0 N–H and O–H groups in total. The van der Waals surface area contributed by atoms with Crippen LogP contribution in [0.2, 0.25) is 0 Å². The Hall–Kier alpha value is -1.76. The van der Waals surface area contributed by atoms with Gasteiger partial charge in [-0.3, -0.25) is 0 Å². The zero-order valence-electron chi connectivity index (χ0n) is 19.8. The number of hydrogen-bond donors (Lipinski definition) is 0. The van der Waals surface area contributed by atoms with Gasteiger partial charge in [0.1, 0.15) is 16.8 Å². The van der Waals surface area contributed by atoms with Crippen molar-refractivity contribution in [1.82, 2.24) is 8.75 Å². The Morgan fingerprint density at radius 1 is 0.727 bits per heavy atom. The van der Waals surface area contributed by atoms with Crippen LogP contribution < -0.4 is 4.74 Å². The minimum absolute atomic E-state index is 0.753. The Labute approximate surface area is 210 Å². The number of thiophene rings is 2. The maximum absolute atomic E-state index is 6.53. The van der Waals surface area contributed by atoms with Gasteiger partial charge in [-0.1, -0.05) is 76.8 Å². The summed E-state index contributed by atoms with van der Waals surface area (Å²) in [7, 11) is 0. The summed E-state index contributed by atoms with van der Waals surface area (Å²) < 4.78 is 15.9. The van der Waals surface area contributed by atoms with Crippen molar-refractivity contribution in [2.75, 3.05) is 6.61 Å². The van der Waals surface area contributed by atoms with Crippen molar-refractivity contribution < 1.29 is 4.74 Å². The number of aromatic nitrogens is 2. The van der Waals surface area contributed by atoms with E-state index in [9.17, 15) is 0 Å². The number of unbranched alkanes of at least 4 members (excludes halogenated alkanes) is 9. The predicted octanol–water partition coefficient (Wildman–Crippen LogP) is 9.76. The normalized spacial score (nSPS) is 11.5. The van der Waals surface area contributed by atoms with Gasteiger partial charge in [-0.05, 0) is 36.2 Å². The van der Waals surface area contributed by atoms with Crippen LogP contribution in [0.25, 0.3) is 31.9 Å². The summed E-state index contributed by atoms with van der Waals surface area (Å²) in [6.07, 6.45) is 13.3. The van der Waals surface area contributed by atoms with Crippen LogP contribution in [0.15, 0.2) is 35.0 Å². The third kappa shape index (κ3) is 6.03. The van der Waals surface area contributed by atoms with E-state index in [0.717, 1.165) is 35.4 Å². The number of hydrogen-bond acceptors (Lipinski definition) is 6. The predicted molar refractivity (Wildman–Crippen MR) is 146 cm³/mol. The molecule has 0 amide bonds. The Balaban J connectivity index is 1.44. The Morgan fingerprint density at radius 3 is 1.85 bits per heavy atom. The van der Waals surface area contributed by atoms with Crippen molar-refractivity contribution in [3.8, 4) is 26.6 Å². The molecular formula is C27H34N2OS3. The average molecular weight is 499 g/mol. The van der Waals surface area contributed by atoms with Gasteiger partial charge in [-0.15, -0.1) is 22.7 Å². The van der Waals surface area contributed by atoms with Gasteiger partial charge in [-0.2, -0.15) is 8.75 Å². The molecule has 176 valence electrons. The molecule has 0 fully saturated rings. The molecule has 0 unspecified atom stereocenters. The lowest BCUT2D eigenvalue weighted by Gasteiger charge is -2.17. The second-order valence-electron chi connectivity index (χ2n) is 8.65. The second kappa shape index (κ2) is 12.6. The fraction of sp³-hybridized carbons (Fsp3) is 0.481. The van der Waals surface area contributed by atoms with Gasteiger partial charge in [0.25, 0.3) is 0 Å². The lowest BCUT2D eigenvalue weighted by atomic mass is 9.98. The number of rotatable bonds is 14. The topological polar surface area (TPSA) is 35.0 Å².